The van der Waals surface area contributed by atoms with Crippen LogP contribution in [-0.4, -0.2) is 39.0 Å². The van der Waals surface area contributed by atoms with Crippen molar-refractivity contribution in [3.63, 3.8) is 0 Å². The van der Waals surface area contributed by atoms with Crippen molar-refractivity contribution in [2.24, 2.45) is 0 Å². The summed E-state index contributed by atoms with van der Waals surface area (Å²) in [7, 11) is 0. The first-order chi connectivity index (χ1) is 21.0. The molecule has 43 heavy (non-hydrogen) atoms. The molecule has 6 rings (SSSR count). The molecule has 0 bridgehead atoms. The average Bonchev–Trinajstić information content (AvgIpc) is 3.47. The van der Waals surface area contributed by atoms with Crippen LogP contribution in [0.3, 0.4) is 0 Å². The van der Waals surface area contributed by atoms with Crippen LogP contribution in [0.15, 0.2) is 86.9 Å². The van der Waals surface area contributed by atoms with Gasteiger partial charge in [0.15, 0.2) is 5.82 Å². The van der Waals surface area contributed by atoms with Gasteiger partial charge in [0.05, 0.1) is 24.6 Å². The van der Waals surface area contributed by atoms with Crippen LogP contribution in [0.2, 0.25) is 0 Å². The molecule has 220 valence electrons. The molecule has 1 N–H and O–H groups in total. The first-order valence-electron chi connectivity index (χ1n) is 14.7. The van der Waals surface area contributed by atoms with Crippen molar-refractivity contribution >= 4 is 0 Å². The van der Waals surface area contributed by atoms with Gasteiger partial charge in [-0.2, -0.15) is 0 Å². The quantitative estimate of drug-likeness (QED) is 0.240. The van der Waals surface area contributed by atoms with Gasteiger partial charge in [-0.3, -0.25) is 18.9 Å². The van der Waals surface area contributed by atoms with Gasteiger partial charge in [0, 0.05) is 30.4 Å². The summed E-state index contributed by atoms with van der Waals surface area (Å²) >= 11 is 0. The van der Waals surface area contributed by atoms with Crippen molar-refractivity contribution < 1.29 is 14.0 Å². The van der Waals surface area contributed by atoms with Gasteiger partial charge in [-0.1, -0.05) is 67.0 Å². The Morgan fingerprint density at radius 1 is 0.953 bits per heavy atom. The lowest BCUT2D eigenvalue weighted by atomic mass is 9.96. The Morgan fingerprint density at radius 2 is 1.67 bits per heavy atom. The zero-order valence-corrected chi connectivity index (χ0v) is 24.3. The van der Waals surface area contributed by atoms with Crippen molar-refractivity contribution in [3.8, 4) is 34.0 Å². The summed E-state index contributed by atoms with van der Waals surface area (Å²) in [6, 6.07) is 23.4. The second-order valence-corrected chi connectivity index (χ2v) is 10.8. The molecule has 0 radical (unpaired) electrons. The van der Waals surface area contributed by atoms with Crippen LogP contribution in [0.5, 0.6) is 5.75 Å². The average molecular weight is 579 g/mol. The topological polar surface area (TPSA) is 112 Å². The monoisotopic (exact) mass is 578 g/mol. The number of H-pyrrole nitrogens is 1. The lowest BCUT2D eigenvalue weighted by Crippen LogP contribution is -2.28. The summed E-state index contributed by atoms with van der Waals surface area (Å²) in [5.74, 6) is 1.23. The number of hydrogen-bond donors (Lipinski definition) is 1. The van der Waals surface area contributed by atoms with Gasteiger partial charge < -0.3 is 9.47 Å². The molecule has 0 atom stereocenters. The predicted molar refractivity (Wildman–Crippen MR) is 164 cm³/mol. The maximum atomic E-state index is 14.0. The Hall–Kier alpha value is -4.76. The van der Waals surface area contributed by atoms with Gasteiger partial charge >= 0.3 is 5.76 Å². The zero-order valence-electron chi connectivity index (χ0n) is 24.3. The highest BCUT2D eigenvalue weighted by Crippen LogP contribution is 2.30. The molecule has 0 amide bonds. The molecule has 1 aliphatic rings. The fourth-order valence-electron chi connectivity index (χ4n) is 5.60. The zero-order chi connectivity index (χ0) is 29.8. The molecule has 5 aromatic rings. The Morgan fingerprint density at radius 3 is 2.35 bits per heavy atom. The molecule has 9 heteroatoms. The third-order valence-electron chi connectivity index (χ3n) is 7.75. The lowest BCUT2D eigenvalue weighted by Gasteiger charge is -2.23. The summed E-state index contributed by atoms with van der Waals surface area (Å²) < 4.78 is 18.0. The highest BCUT2D eigenvalue weighted by atomic mass is 16.5. The Bertz CT molecular complexity index is 1810. The molecule has 3 heterocycles. The maximum absolute atomic E-state index is 14.0. The number of ether oxygens (including phenoxy) is 2. The van der Waals surface area contributed by atoms with Crippen LogP contribution in [0.1, 0.15) is 48.8 Å². The van der Waals surface area contributed by atoms with Crippen LogP contribution in [0, 0.1) is 6.92 Å². The maximum Gasteiger partial charge on any atom is 0.439 e. The van der Waals surface area contributed by atoms with Crippen LogP contribution >= 0.6 is 0 Å². The van der Waals surface area contributed by atoms with Gasteiger partial charge in [0.25, 0.3) is 5.56 Å². The van der Waals surface area contributed by atoms with E-state index < -0.39 is 5.76 Å². The first kappa shape index (κ1) is 28.4. The largest absolute Gasteiger partial charge is 0.490 e. The predicted octanol–water partition coefficient (Wildman–Crippen LogP) is 5.65. The molecule has 1 saturated heterocycles. The van der Waals surface area contributed by atoms with Crippen LogP contribution in [-0.2, 0) is 17.6 Å². The number of aromatic nitrogens is 4. The molecule has 3 aromatic carbocycles. The molecule has 0 saturated carbocycles. The number of benzene rings is 3. The number of rotatable bonds is 9. The molecular weight excluding hydrogens is 544 g/mol. The summed E-state index contributed by atoms with van der Waals surface area (Å²) in [5, 5.41) is 3.86. The minimum absolute atomic E-state index is 0.0570. The number of nitrogens with one attached hydrogen (secondary N) is 1. The first-order valence-corrected chi connectivity index (χ1v) is 14.7. The number of aryl methyl sites for hydroxylation is 2. The van der Waals surface area contributed by atoms with Crippen LogP contribution < -0.4 is 16.1 Å². The smallest absolute Gasteiger partial charge is 0.439 e. The number of aromatic amines is 1. The molecule has 0 aliphatic carbocycles. The van der Waals surface area contributed by atoms with E-state index in [-0.39, 0.29) is 11.7 Å². The third-order valence-corrected chi connectivity index (χ3v) is 7.75. The van der Waals surface area contributed by atoms with Gasteiger partial charge in [0.1, 0.15) is 17.7 Å². The van der Waals surface area contributed by atoms with E-state index >= 15 is 0 Å². The minimum Gasteiger partial charge on any atom is -0.490 e. The van der Waals surface area contributed by atoms with E-state index in [9.17, 15) is 9.59 Å². The summed E-state index contributed by atoms with van der Waals surface area (Å²) in [6.07, 6.45) is 3.99. The number of hydrogen-bond acceptors (Lipinski definition) is 7. The highest BCUT2D eigenvalue weighted by molar-refractivity contribution is 5.80. The SMILES string of the molecule is CCCc1nc(C)n(-c2ccc(OC3CCOCC3)cc2)c(=O)c1Cc1ccc(-c2ccccc2-c2noc(=O)[nH]2)cc1. The fourth-order valence-corrected chi connectivity index (χ4v) is 5.60. The fraction of sp³-hybridized carbons (Fsp3) is 0.294. The van der Waals surface area contributed by atoms with Gasteiger partial charge in [-0.25, -0.2) is 9.78 Å². The van der Waals surface area contributed by atoms with E-state index in [1.165, 1.54) is 0 Å². The van der Waals surface area contributed by atoms with E-state index in [2.05, 4.69) is 17.1 Å². The lowest BCUT2D eigenvalue weighted by molar-refractivity contribution is 0.0256. The Labute approximate surface area is 249 Å². The van der Waals surface area contributed by atoms with Crippen molar-refractivity contribution in [1.29, 1.82) is 0 Å². The molecule has 0 spiro atoms. The normalized spacial score (nSPS) is 13.7. The van der Waals surface area contributed by atoms with Gasteiger partial charge in [0.2, 0.25) is 0 Å². The van der Waals surface area contributed by atoms with Crippen molar-refractivity contribution in [2.75, 3.05) is 13.2 Å². The van der Waals surface area contributed by atoms with Crippen molar-refractivity contribution in [3.05, 3.63) is 116 Å². The summed E-state index contributed by atoms with van der Waals surface area (Å²) in [4.78, 5) is 33.1. The highest BCUT2D eigenvalue weighted by Gasteiger charge is 2.18. The number of nitrogens with zero attached hydrogens (tertiary/aromatic N) is 3. The van der Waals surface area contributed by atoms with E-state index in [1.807, 2.05) is 79.7 Å². The second-order valence-electron chi connectivity index (χ2n) is 10.8. The van der Waals surface area contributed by atoms with E-state index in [4.69, 9.17) is 19.0 Å². The molecule has 1 aliphatic heterocycles. The minimum atomic E-state index is -0.598. The molecule has 1 fully saturated rings. The van der Waals surface area contributed by atoms with E-state index in [1.54, 1.807) is 4.57 Å². The van der Waals surface area contributed by atoms with Crippen molar-refractivity contribution in [1.82, 2.24) is 19.7 Å². The summed E-state index contributed by atoms with van der Waals surface area (Å²) in [6.45, 7) is 5.41. The van der Waals surface area contributed by atoms with E-state index in [0.29, 0.717) is 23.6 Å². The second kappa shape index (κ2) is 12.6. The standard InChI is InChI=1S/C34H34N4O5/c1-3-6-31-30(21-23-9-11-24(12-10-23)28-7-4-5-8-29(28)32-36-34(40)43-37-32)33(39)38(22(2)35-31)25-13-15-26(16-14-25)42-27-17-19-41-20-18-27/h4-5,7-16,27H,3,6,17-21H2,1-2H3,(H,36,37,40). The Balaban J connectivity index is 1.28. The van der Waals surface area contributed by atoms with Gasteiger partial charge in [-0.05, 0) is 54.3 Å². The van der Waals surface area contributed by atoms with Gasteiger partial charge in [-0.15, -0.1) is 0 Å². The molecule has 9 nitrogen and oxygen atoms in total. The van der Waals surface area contributed by atoms with Crippen LogP contribution in [0.4, 0.5) is 0 Å². The Kier molecular flexibility index (Phi) is 8.33. The van der Waals surface area contributed by atoms with E-state index in [0.717, 1.165) is 78.3 Å². The third kappa shape index (κ3) is 6.22. The van der Waals surface area contributed by atoms with Crippen molar-refractivity contribution in [2.45, 2.75) is 52.1 Å². The van der Waals surface area contributed by atoms with Crippen LogP contribution in [0.25, 0.3) is 28.2 Å². The summed E-state index contributed by atoms with van der Waals surface area (Å²) in [5.41, 5.74) is 5.88. The molecular formula is C34H34N4O5. The molecule has 2 aromatic heterocycles. The molecule has 0 unspecified atom stereocenters.